The number of hydrogen-bond donors (Lipinski definition) is 1. The van der Waals surface area contributed by atoms with Crippen molar-refractivity contribution in [3.63, 3.8) is 0 Å². The SMILES string of the molecule is O=C1[N]C(O)c2ccccc21. The molecular formula is C8H6NO2. The number of nitrogens with zero attached hydrogens (tertiary/aromatic N) is 1. The molecule has 1 aliphatic rings. The Hall–Kier alpha value is -1.35. The highest BCUT2D eigenvalue weighted by Crippen LogP contribution is 2.23. The first-order valence-corrected chi connectivity index (χ1v) is 3.31. The Balaban J connectivity index is 2.60. The van der Waals surface area contributed by atoms with Gasteiger partial charge in [0.15, 0.2) is 6.23 Å². The first kappa shape index (κ1) is 6.37. The van der Waals surface area contributed by atoms with Crippen LogP contribution in [0.5, 0.6) is 0 Å². The number of aliphatic hydroxyl groups excluding tert-OH is 1. The van der Waals surface area contributed by atoms with Crippen LogP contribution in [0.3, 0.4) is 0 Å². The Labute approximate surface area is 63.7 Å². The van der Waals surface area contributed by atoms with Gasteiger partial charge in [-0.1, -0.05) is 18.2 Å². The smallest absolute Gasteiger partial charge is 0.275 e. The van der Waals surface area contributed by atoms with Crippen LogP contribution in [0.1, 0.15) is 22.1 Å². The molecule has 0 aliphatic carbocycles. The van der Waals surface area contributed by atoms with E-state index in [9.17, 15) is 4.79 Å². The molecule has 1 N–H and O–H groups in total. The molecule has 1 aliphatic heterocycles. The number of hydrogen-bond acceptors (Lipinski definition) is 2. The molecule has 2 rings (SSSR count). The van der Waals surface area contributed by atoms with Gasteiger partial charge < -0.3 is 5.11 Å². The summed E-state index contributed by atoms with van der Waals surface area (Å²) in [6.07, 6.45) is -0.946. The van der Waals surface area contributed by atoms with E-state index in [-0.39, 0.29) is 5.91 Å². The third-order valence-corrected chi connectivity index (χ3v) is 1.71. The maximum absolute atomic E-state index is 10.9. The second-order valence-corrected chi connectivity index (χ2v) is 2.40. The van der Waals surface area contributed by atoms with Crippen molar-refractivity contribution in [3.05, 3.63) is 35.4 Å². The van der Waals surface area contributed by atoms with Gasteiger partial charge in [0.05, 0.1) is 0 Å². The standard InChI is InChI=1S/C8H6NO2/c10-7-5-3-1-2-4-6(5)8(11)9-7/h1-4,7,10H. The van der Waals surface area contributed by atoms with E-state index in [2.05, 4.69) is 5.32 Å². The molecule has 3 heteroatoms. The highest BCUT2D eigenvalue weighted by molar-refractivity contribution is 5.98. The number of carbonyl (C=O) groups excluding carboxylic acids is 1. The van der Waals surface area contributed by atoms with Gasteiger partial charge in [-0.2, -0.15) is 0 Å². The summed E-state index contributed by atoms with van der Waals surface area (Å²) in [7, 11) is 0. The van der Waals surface area contributed by atoms with Crippen LogP contribution in [0.15, 0.2) is 24.3 Å². The third kappa shape index (κ3) is 0.816. The highest BCUT2D eigenvalue weighted by atomic mass is 16.3. The van der Waals surface area contributed by atoms with Gasteiger partial charge in [0, 0.05) is 11.1 Å². The zero-order chi connectivity index (χ0) is 7.84. The molecule has 55 valence electrons. The molecule has 0 saturated carbocycles. The lowest BCUT2D eigenvalue weighted by molar-refractivity contribution is 0.0837. The van der Waals surface area contributed by atoms with Gasteiger partial charge in [-0.3, -0.25) is 4.79 Å². The second kappa shape index (κ2) is 2.07. The van der Waals surface area contributed by atoms with E-state index in [4.69, 9.17) is 5.11 Å². The summed E-state index contributed by atoms with van der Waals surface area (Å²) in [5.41, 5.74) is 1.12. The first-order chi connectivity index (χ1) is 5.29. The van der Waals surface area contributed by atoms with Crippen LogP contribution in [0.4, 0.5) is 0 Å². The Bertz CT molecular complexity index is 309. The molecule has 1 heterocycles. The highest BCUT2D eigenvalue weighted by Gasteiger charge is 2.27. The van der Waals surface area contributed by atoms with Crippen LogP contribution in [0, 0.1) is 0 Å². The average Bonchev–Trinajstić information content (AvgIpc) is 2.30. The molecule has 0 bridgehead atoms. The number of aliphatic hydroxyl groups is 1. The molecule has 1 radical (unpaired) electrons. The Morgan fingerprint density at radius 3 is 2.82 bits per heavy atom. The van der Waals surface area contributed by atoms with E-state index in [0.717, 1.165) is 0 Å². The fourth-order valence-electron chi connectivity index (χ4n) is 1.17. The molecule has 1 aromatic rings. The summed E-state index contributed by atoms with van der Waals surface area (Å²) in [4.78, 5) is 10.9. The predicted molar refractivity (Wildman–Crippen MR) is 37.9 cm³/mol. The van der Waals surface area contributed by atoms with Gasteiger partial charge in [-0.05, 0) is 6.07 Å². The topological polar surface area (TPSA) is 51.4 Å². The van der Waals surface area contributed by atoms with Gasteiger partial charge in [0.1, 0.15) is 0 Å². The minimum Gasteiger partial charge on any atom is -0.368 e. The fraction of sp³-hybridized carbons (Fsp3) is 0.125. The molecule has 1 aromatic carbocycles. The zero-order valence-corrected chi connectivity index (χ0v) is 5.69. The molecule has 1 atom stereocenters. The molecular weight excluding hydrogens is 142 g/mol. The van der Waals surface area contributed by atoms with E-state index < -0.39 is 6.23 Å². The average molecular weight is 148 g/mol. The minimum atomic E-state index is -0.946. The van der Waals surface area contributed by atoms with Gasteiger partial charge in [-0.15, -0.1) is 0 Å². The number of amides is 1. The number of benzene rings is 1. The van der Waals surface area contributed by atoms with Gasteiger partial charge >= 0.3 is 0 Å². The summed E-state index contributed by atoms with van der Waals surface area (Å²) >= 11 is 0. The lowest BCUT2D eigenvalue weighted by Gasteiger charge is -1.97. The molecule has 0 saturated heterocycles. The van der Waals surface area contributed by atoms with E-state index in [1.165, 1.54) is 0 Å². The van der Waals surface area contributed by atoms with Gasteiger partial charge in [0.2, 0.25) is 0 Å². The van der Waals surface area contributed by atoms with Crippen molar-refractivity contribution in [2.24, 2.45) is 0 Å². The first-order valence-electron chi connectivity index (χ1n) is 3.31. The van der Waals surface area contributed by atoms with Crippen LogP contribution in [0.25, 0.3) is 0 Å². The summed E-state index contributed by atoms with van der Waals surface area (Å²) < 4.78 is 0. The molecule has 0 spiro atoms. The fourth-order valence-corrected chi connectivity index (χ4v) is 1.17. The quantitative estimate of drug-likeness (QED) is 0.580. The van der Waals surface area contributed by atoms with E-state index >= 15 is 0 Å². The van der Waals surface area contributed by atoms with Crippen LogP contribution < -0.4 is 5.32 Å². The van der Waals surface area contributed by atoms with Gasteiger partial charge in [0.25, 0.3) is 5.91 Å². The third-order valence-electron chi connectivity index (χ3n) is 1.71. The van der Waals surface area contributed by atoms with Crippen LogP contribution in [-0.2, 0) is 0 Å². The summed E-state index contributed by atoms with van der Waals surface area (Å²) in [6.45, 7) is 0. The largest absolute Gasteiger partial charge is 0.368 e. The van der Waals surface area contributed by atoms with Crippen molar-refractivity contribution >= 4 is 5.91 Å². The molecule has 11 heavy (non-hydrogen) atoms. The Morgan fingerprint density at radius 2 is 2.09 bits per heavy atom. The zero-order valence-electron chi connectivity index (χ0n) is 5.69. The molecule has 0 aromatic heterocycles. The molecule has 0 fully saturated rings. The second-order valence-electron chi connectivity index (χ2n) is 2.40. The summed E-state index contributed by atoms with van der Waals surface area (Å²) in [5, 5.41) is 12.6. The van der Waals surface area contributed by atoms with Crippen LogP contribution in [0.2, 0.25) is 0 Å². The van der Waals surface area contributed by atoms with Crippen molar-refractivity contribution in [2.45, 2.75) is 6.23 Å². The van der Waals surface area contributed by atoms with E-state index in [1.54, 1.807) is 24.3 Å². The molecule has 1 amide bonds. The van der Waals surface area contributed by atoms with Crippen LogP contribution >= 0.6 is 0 Å². The van der Waals surface area contributed by atoms with E-state index in [0.29, 0.717) is 11.1 Å². The monoisotopic (exact) mass is 148 g/mol. The van der Waals surface area contributed by atoms with Crippen molar-refractivity contribution < 1.29 is 9.90 Å². The van der Waals surface area contributed by atoms with Crippen molar-refractivity contribution in [1.82, 2.24) is 5.32 Å². The minimum absolute atomic E-state index is 0.326. The number of fused-ring (bicyclic) bond motifs is 1. The van der Waals surface area contributed by atoms with E-state index in [1.807, 2.05) is 0 Å². The van der Waals surface area contributed by atoms with Crippen molar-refractivity contribution in [3.8, 4) is 0 Å². The number of carbonyl (C=O) groups is 1. The van der Waals surface area contributed by atoms with Gasteiger partial charge in [-0.25, -0.2) is 5.32 Å². The number of rotatable bonds is 0. The molecule has 3 nitrogen and oxygen atoms in total. The Kier molecular flexibility index (Phi) is 1.20. The maximum Gasteiger partial charge on any atom is 0.275 e. The lowest BCUT2D eigenvalue weighted by Crippen LogP contribution is -2.09. The van der Waals surface area contributed by atoms with Crippen molar-refractivity contribution in [1.29, 1.82) is 0 Å². The van der Waals surface area contributed by atoms with Crippen molar-refractivity contribution in [2.75, 3.05) is 0 Å². The Morgan fingerprint density at radius 1 is 1.36 bits per heavy atom. The normalized spacial score (nSPS) is 21.2. The molecule has 1 unspecified atom stereocenters. The summed E-state index contributed by atoms with van der Waals surface area (Å²) in [6, 6.07) is 6.90. The van der Waals surface area contributed by atoms with Crippen LogP contribution in [-0.4, -0.2) is 11.0 Å². The predicted octanol–water partition coefficient (Wildman–Crippen LogP) is 0.436. The maximum atomic E-state index is 10.9. The lowest BCUT2D eigenvalue weighted by atomic mass is 10.1. The summed E-state index contributed by atoms with van der Waals surface area (Å²) in [5.74, 6) is -0.326.